The van der Waals surface area contributed by atoms with E-state index >= 15 is 0 Å². The highest BCUT2D eigenvalue weighted by molar-refractivity contribution is 7.99. The van der Waals surface area contributed by atoms with Crippen molar-refractivity contribution in [3.63, 3.8) is 0 Å². The fourth-order valence-corrected chi connectivity index (χ4v) is 2.47. The van der Waals surface area contributed by atoms with E-state index < -0.39 is 0 Å². The van der Waals surface area contributed by atoms with Crippen LogP contribution in [0.5, 0.6) is 0 Å². The van der Waals surface area contributed by atoms with E-state index in [1.54, 1.807) is 18.7 Å². The Balaban J connectivity index is 1.97. The second kappa shape index (κ2) is 5.73. The molecule has 0 unspecified atom stereocenters. The Morgan fingerprint density at radius 3 is 2.71 bits per heavy atom. The van der Waals surface area contributed by atoms with E-state index in [2.05, 4.69) is 35.6 Å². The van der Waals surface area contributed by atoms with Gasteiger partial charge in [0.2, 0.25) is 5.91 Å². The first-order chi connectivity index (χ1) is 8.25. The van der Waals surface area contributed by atoms with Gasteiger partial charge in [0.05, 0.1) is 0 Å². The molecule has 3 heteroatoms. The van der Waals surface area contributed by atoms with E-state index in [0.717, 1.165) is 5.75 Å². The molecule has 0 saturated heterocycles. The van der Waals surface area contributed by atoms with Gasteiger partial charge in [0.15, 0.2) is 0 Å². The van der Waals surface area contributed by atoms with Gasteiger partial charge in [-0.3, -0.25) is 4.79 Å². The quantitative estimate of drug-likeness (QED) is 0.662. The molecule has 0 spiro atoms. The zero-order valence-electron chi connectivity index (χ0n) is 9.77. The molecule has 2 nitrogen and oxygen atoms in total. The lowest BCUT2D eigenvalue weighted by molar-refractivity contribution is -0.118. The van der Waals surface area contributed by atoms with E-state index in [1.165, 1.54) is 15.7 Å². The summed E-state index contributed by atoms with van der Waals surface area (Å²) < 4.78 is 0. The number of rotatable bonds is 4. The number of carbonyl (C=O) groups excluding carboxylic acids is 1. The minimum absolute atomic E-state index is 0.0316. The van der Waals surface area contributed by atoms with E-state index in [-0.39, 0.29) is 5.91 Å². The summed E-state index contributed by atoms with van der Waals surface area (Å²) in [6, 6.07) is 14.8. The SMILES string of the molecule is CC(=O)NCCSc1ccc2ccccc2c1. The van der Waals surface area contributed by atoms with Crippen molar-refractivity contribution in [2.45, 2.75) is 11.8 Å². The lowest BCUT2D eigenvalue weighted by Crippen LogP contribution is -2.22. The third-order valence-corrected chi connectivity index (χ3v) is 3.46. The van der Waals surface area contributed by atoms with Crippen LogP contribution in [-0.2, 0) is 4.79 Å². The number of nitrogens with one attached hydrogen (secondary N) is 1. The zero-order chi connectivity index (χ0) is 12.1. The van der Waals surface area contributed by atoms with Crippen LogP contribution in [0.4, 0.5) is 0 Å². The Kier molecular flexibility index (Phi) is 4.04. The first-order valence-corrected chi connectivity index (χ1v) is 6.60. The van der Waals surface area contributed by atoms with E-state index in [9.17, 15) is 4.79 Å². The molecule has 0 radical (unpaired) electrons. The first kappa shape index (κ1) is 12.0. The largest absolute Gasteiger partial charge is 0.356 e. The summed E-state index contributed by atoms with van der Waals surface area (Å²) in [6.45, 7) is 2.26. The standard InChI is InChI=1S/C14H15NOS/c1-11(16)15-8-9-17-14-7-6-12-4-2-3-5-13(12)10-14/h2-7,10H,8-9H2,1H3,(H,15,16). The number of thioether (sulfide) groups is 1. The number of fused-ring (bicyclic) bond motifs is 1. The predicted molar refractivity (Wildman–Crippen MR) is 73.4 cm³/mol. The molecule has 0 bridgehead atoms. The van der Waals surface area contributed by atoms with Crippen LogP contribution in [0.2, 0.25) is 0 Å². The summed E-state index contributed by atoms with van der Waals surface area (Å²) in [6.07, 6.45) is 0. The average molecular weight is 245 g/mol. The number of hydrogen-bond acceptors (Lipinski definition) is 2. The first-order valence-electron chi connectivity index (χ1n) is 5.62. The fourth-order valence-electron chi connectivity index (χ4n) is 1.65. The minimum Gasteiger partial charge on any atom is -0.356 e. The Bertz CT molecular complexity index is 524. The molecule has 0 atom stereocenters. The van der Waals surface area contributed by atoms with Crippen LogP contribution in [0.1, 0.15) is 6.92 Å². The van der Waals surface area contributed by atoms with Gasteiger partial charge in [-0.15, -0.1) is 11.8 Å². The number of carbonyl (C=O) groups is 1. The molecule has 0 heterocycles. The lowest BCUT2D eigenvalue weighted by Gasteiger charge is -2.04. The Morgan fingerprint density at radius 2 is 1.94 bits per heavy atom. The smallest absolute Gasteiger partial charge is 0.216 e. The Morgan fingerprint density at radius 1 is 1.18 bits per heavy atom. The lowest BCUT2D eigenvalue weighted by atomic mass is 10.1. The van der Waals surface area contributed by atoms with Crippen LogP contribution in [0.3, 0.4) is 0 Å². The third kappa shape index (κ3) is 3.49. The molecule has 1 N–H and O–H groups in total. The molecular formula is C14H15NOS. The van der Waals surface area contributed by atoms with Gasteiger partial charge in [-0.2, -0.15) is 0 Å². The van der Waals surface area contributed by atoms with Crippen molar-refractivity contribution in [2.75, 3.05) is 12.3 Å². The molecule has 0 aliphatic carbocycles. The summed E-state index contributed by atoms with van der Waals surface area (Å²) in [5, 5.41) is 5.32. The van der Waals surface area contributed by atoms with E-state index in [1.807, 2.05) is 12.1 Å². The van der Waals surface area contributed by atoms with Crippen molar-refractivity contribution < 1.29 is 4.79 Å². The van der Waals surface area contributed by atoms with Crippen molar-refractivity contribution >= 4 is 28.4 Å². The maximum absolute atomic E-state index is 10.7. The molecule has 0 aliphatic heterocycles. The maximum atomic E-state index is 10.7. The van der Waals surface area contributed by atoms with Gasteiger partial charge in [-0.1, -0.05) is 30.3 Å². The average Bonchev–Trinajstić information content (AvgIpc) is 2.34. The van der Waals surface area contributed by atoms with Gasteiger partial charge >= 0.3 is 0 Å². The van der Waals surface area contributed by atoms with Crippen LogP contribution < -0.4 is 5.32 Å². The zero-order valence-corrected chi connectivity index (χ0v) is 10.6. The minimum atomic E-state index is 0.0316. The monoisotopic (exact) mass is 245 g/mol. The molecule has 17 heavy (non-hydrogen) atoms. The van der Waals surface area contributed by atoms with Gasteiger partial charge in [0.25, 0.3) is 0 Å². The van der Waals surface area contributed by atoms with Crippen molar-refractivity contribution in [3.8, 4) is 0 Å². The van der Waals surface area contributed by atoms with E-state index in [0.29, 0.717) is 6.54 Å². The number of amides is 1. The number of hydrogen-bond donors (Lipinski definition) is 1. The van der Waals surface area contributed by atoms with Gasteiger partial charge in [-0.05, 0) is 22.9 Å². The van der Waals surface area contributed by atoms with Crippen LogP contribution in [0.25, 0.3) is 10.8 Å². The molecule has 1 amide bonds. The molecule has 88 valence electrons. The topological polar surface area (TPSA) is 29.1 Å². The van der Waals surface area contributed by atoms with Crippen molar-refractivity contribution in [2.24, 2.45) is 0 Å². The summed E-state index contributed by atoms with van der Waals surface area (Å²) >= 11 is 1.76. The summed E-state index contributed by atoms with van der Waals surface area (Å²) in [5.74, 6) is 0.932. The fraction of sp³-hybridized carbons (Fsp3) is 0.214. The van der Waals surface area contributed by atoms with Crippen molar-refractivity contribution in [1.29, 1.82) is 0 Å². The van der Waals surface area contributed by atoms with Crippen molar-refractivity contribution in [3.05, 3.63) is 42.5 Å². The normalized spacial score (nSPS) is 10.4. The Labute approximate surface area is 105 Å². The molecule has 0 fully saturated rings. The van der Waals surface area contributed by atoms with E-state index in [4.69, 9.17) is 0 Å². The molecule has 2 aromatic rings. The van der Waals surface area contributed by atoms with Gasteiger partial charge in [0.1, 0.15) is 0 Å². The molecule has 0 saturated carbocycles. The second-order valence-electron chi connectivity index (χ2n) is 3.84. The molecule has 2 rings (SSSR count). The summed E-state index contributed by atoms with van der Waals surface area (Å²) in [7, 11) is 0. The van der Waals surface area contributed by atoms with Crippen LogP contribution >= 0.6 is 11.8 Å². The number of benzene rings is 2. The molecule has 0 aromatic heterocycles. The highest BCUT2D eigenvalue weighted by atomic mass is 32.2. The van der Waals surface area contributed by atoms with Gasteiger partial charge in [-0.25, -0.2) is 0 Å². The van der Waals surface area contributed by atoms with Gasteiger partial charge in [0, 0.05) is 24.1 Å². The predicted octanol–water partition coefficient (Wildman–Crippen LogP) is 3.07. The summed E-state index contributed by atoms with van der Waals surface area (Å²) in [4.78, 5) is 12.0. The van der Waals surface area contributed by atoms with Crippen LogP contribution in [0, 0.1) is 0 Å². The van der Waals surface area contributed by atoms with Crippen molar-refractivity contribution in [1.82, 2.24) is 5.32 Å². The van der Waals surface area contributed by atoms with Crippen LogP contribution in [-0.4, -0.2) is 18.2 Å². The third-order valence-electron chi connectivity index (χ3n) is 2.47. The highest BCUT2D eigenvalue weighted by Gasteiger charge is 1.97. The molecule has 0 aliphatic rings. The maximum Gasteiger partial charge on any atom is 0.216 e. The molecule has 2 aromatic carbocycles. The Hall–Kier alpha value is -1.48. The second-order valence-corrected chi connectivity index (χ2v) is 5.01. The summed E-state index contributed by atoms with van der Waals surface area (Å²) in [5.41, 5.74) is 0. The van der Waals surface area contributed by atoms with Crippen LogP contribution in [0.15, 0.2) is 47.4 Å². The molecular weight excluding hydrogens is 230 g/mol. The highest BCUT2D eigenvalue weighted by Crippen LogP contribution is 2.23. The van der Waals surface area contributed by atoms with Gasteiger partial charge < -0.3 is 5.32 Å².